The minimum absolute atomic E-state index is 0.195. The van der Waals surface area contributed by atoms with Gasteiger partial charge in [0.05, 0.1) is 5.54 Å². The number of anilines is 2. The Kier molecular flexibility index (Phi) is 2.61. The lowest BCUT2D eigenvalue weighted by Gasteiger charge is -2.45. The number of fused-ring (bicyclic) bond motifs is 1. The van der Waals surface area contributed by atoms with Crippen molar-refractivity contribution in [3.05, 3.63) is 12.0 Å². The Labute approximate surface area is 105 Å². The van der Waals surface area contributed by atoms with Gasteiger partial charge in [0.25, 0.3) is 0 Å². The highest BCUT2D eigenvalue weighted by molar-refractivity contribution is 6.05. The molecule has 18 heavy (non-hydrogen) atoms. The van der Waals surface area contributed by atoms with Crippen molar-refractivity contribution in [2.24, 2.45) is 0 Å². The van der Waals surface area contributed by atoms with Gasteiger partial charge in [-0.2, -0.15) is 0 Å². The molecule has 0 atom stereocenters. The van der Waals surface area contributed by atoms with E-state index >= 15 is 0 Å². The van der Waals surface area contributed by atoms with Crippen molar-refractivity contribution in [2.75, 3.05) is 23.4 Å². The van der Waals surface area contributed by atoms with Crippen LogP contribution in [0.4, 0.5) is 11.4 Å². The number of hydrogen-bond donors (Lipinski definition) is 1. The Morgan fingerprint density at radius 2 is 2.06 bits per heavy atom. The maximum absolute atomic E-state index is 11.8. The predicted octanol–water partition coefficient (Wildman–Crippen LogP) is 1.56. The molecule has 0 aromatic carbocycles. The summed E-state index contributed by atoms with van der Waals surface area (Å²) in [6, 6.07) is 0. The van der Waals surface area contributed by atoms with Crippen molar-refractivity contribution in [2.45, 2.75) is 26.3 Å². The molecule has 1 N–H and O–H groups in total. The zero-order chi connectivity index (χ0) is 13.7. The standard InChI is InChI=1S/C12H16N2O4/c1-7(15)14-9-8(5-18-10(9)11(16)17)13(4)6-12(14,2)3/h5H,6H2,1-4H3,(H,16,17). The topological polar surface area (TPSA) is 74.0 Å². The fourth-order valence-corrected chi connectivity index (χ4v) is 2.60. The van der Waals surface area contributed by atoms with Crippen LogP contribution in [-0.2, 0) is 4.79 Å². The minimum atomic E-state index is -1.17. The Morgan fingerprint density at radius 1 is 1.44 bits per heavy atom. The number of aromatic carboxylic acids is 1. The van der Waals surface area contributed by atoms with Gasteiger partial charge in [-0.05, 0) is 13.8 Å². The number of hydrogen-bond acceptors (Lipinski definition) is 4. The van der Waals surface area contributed by atoms with Gasteiger partial charge >= 0.3 is 5.97 Å². The van der Waals surface area contributed by atoms with E-state index in [0.29, 0.717) is 17.9 Å². The molecule has 0 radical (unpaired) electrons. The lowest BCUT2D eigenvalue weighted by molar-refractivity contribution is -0.117. The molecule has 2 heterocycles. The van der Waals surface area contributed by atoms with E-state index in [9.17, 15) is 9.59 Å². The third-order valence-electron chi connectivity index (χ3n) is 3.12. The van der Waals surface area contributed by atoms with Crippen molar-refractivity contribution >= 4 is 23.3 Å². The number of carboxylic acid groups (broad SMARTS) is 1. The molecular weight excluding hydrogens is 236 g/mol. The molecule has 1 aliphatic heterocycles. The molecule has 0 unspecified atom stereocenters. The molecule has 2 rings (SSSR count). The first-order valence-corrected chi connectivity index (χ1v) is 5.62. The first-order valence-electron chi connectivity index (χ1n) is 5.62. The Hall–Kier alpha value is -1.98. The lowest BCUT2D eigenvalue weighted by Crippen LogP contribution is -2.57. The molecule has 1 amide bonds. The zero-order valence-corrected chi connectivity index (χ0v) is 10.9. The predicted molar refractivity (Wildman–Crippen MR) is 66.2 cm³/mol. The normalized spacial score (nSPS) is 17.6. The van der Waals surface area contributed by atoms with Crippen LogP contribution >= 0.6 is 0 Å². The summed E-state index contributed by atoms with van der Waals surface area (Å²) >= 11 is 0. The first-order chi connectivity index (χ1) is 8.25. The van der Waals surface area contributed by atoms with Crippen LogP contribution in [0.15, 0.2) is 10.7 Å². The van der Waals surface area contributed by atoms with Crippen LogP contribution in [0.1, 0.15) is 31.3 Å². The SMILES string of the molecule is CC(=O)N1c2c(coc2C(=O)O)N(C)CC1(C)C. The lowest BCUT2D eigenvalue weighted by atomic mass is 9.97. The van der Waals surface area contributed by atoms with Crippen molar-refractivity contribution < 1.29 is 19.1 Å². The average molecular weight is 252 g/mol. The summed E-state index contributed by atoms with van der Waals surface area (Å²) in [5, 5.41) is 9.14. The molecule has 0 aliphatic carbocycles. The second-order valence-electron chi connectivity index (χ2n) is 5.13. The van der Waals surface area contributed by atoms with Gasteiger partial charge in [-0.1, -0.05) is 0 Å². The van der Waals surface area contributed by atoms with Gasteiger partial charge in [-0.15, -0.1) is 0 Å². The summed E-state index contributed by atoms with van der Waals surface area (Å²) in [5.41, 5.74) is 0.484. The number of amides is 1. The van der Waals surface area contributed by atoms with E-state index < -0.39 is 11.5 Å². The number of likely N-dealkylation sites (N-methyl/N-ethyl adjacent to an activating group) is 1. The van der Waals surface area contributed by atoms with Crippen LogP contribution in [0.25, 0.3) is 0 Å². The molecule has 0 saturated carbocycles. The average Bonchev–Trinajstić information content (AvgIpc) is 2.59. The number of carboxylic acids is 1. The molecule has 1 aromatic heterocycles. The molecule has 6 heteroatoms. The van der Waals surface area contributed by atoms with Crippen molar-refractivity contribution in [1.82, 2.24) is 0 Å². The van der Waals surface area contributed by atoms with Crippen LogP contribution in [0.5, 0.6) is 0 Å². The van der Waals surface area contributed by atoms with E-state index in [2.05, 4.69) is 0 Å². The molecule has 1 aliphatic rings. The van der Waals surface area contributed by atoms with Crippen molar-refractivity contribution in [3.8, 4) is 0 Å². The Balaban J connectivity index is 2.68. The van der Waals surface area contributed by atoms with Gasteiger partial charge in [0.15, 0.2) is 0 Å². The molecule has 98 valence electrons. The van der Waals surface area contributed by atoms with E-state index in [1.165, 1.54) is 18.1 Å². The van der Waals surface area contributed by atoms with Gasteiger partial charge in [0.2, 0.25) is 11.7 Å². The highest BCUT2D eigenvalue weighted by atomic mass is 16.4. The van der Waals surface area contributed by atoms with Gasteiger partial charge in [0, 0.05) is 20.5 Å². The smallest absolute Gasteiger partial charge is 0.374 e. The maximum atomic E-state index is 11.8. The van der Waals surface area contributed by atoms with Gasteiger partial charge in [-0.25, -0.2) is 4.79 Å². The van der Waals surface area contributed by atoms with E-state index in [1.54, 1.807) is 0 Å². The Morgan fingerprint density at radius 3 is 2.56 bits per heavy atom. The third-order valence-corrected chi connectivity index (χ3v) is 3.12. The summed E-state index contributed by atoms with van der Waals surface area (Å²) in [5.74, 6) is -1.56. The van der Waals surface area contributed by atoms with Crippen LogP contribution in [-0.4, -0.2) is 36.1 Å². The zero-order valence-electron chi connectivity index (χ0n) is 10.9. The fraction of sp³-hybridized carbons (Fsp3) is 0.500. The highest BCUT2D eigenvalue weighted by Crippen LogP contribution is 2.42. The first kappa shape index (κ1) is 12.5. The molecule has 0 fully saturated rings. The monoisotopic (exact) mass is 252 g/mol. The number of carbonyl (C=O) groups is 2. The second kappa shape index (κ2) is 3.76. The van der Waals surface area contributed by atoms with Gasteiger partial charge in [0.1, 0.15) is 17.6 Å². The van der Waals surface area contributed by atoms with Gasteiger partial charge < -0.3 is 14.4 Å². The largest absolute Gasteiger partial charge is 0.475 e. The molecular formula is C12H16N2O4. The van der Waals surface area contributed by atoms with Crippen molar-refractivity contribution in [3.63, 3.8) is 0 Å². The van der Waals surface area contributed by atoms with E-state index in [0.717, 1.165) is 0 Å². The summed E-state index contributed by atoms with van der Waals surface area (Å²) in [7, 11) is 1.85. The summed E-state index contributed by atoms with van der Waals surface area (Å²) < 4.78 is 5.09. The second-order valence-corrected chi connectivity index (χ2v) is 5.13. The van der Waals surface area contributed by atoms with Gasteiger partial charge in [-0.3, -0.25) is 9.69 Å². The molecule has 0 saturated heterocycles. The van der Waals surface area contributed by atoms with Crippen LogP contribution in [0, 0.1) is 0 Å². The maximum Gasteiger partial charge on any atom is 0.374 e. The van der Waals surface area contributed by atoms with E-state index in [4.69, 9.17) is 9.52 Å². The molecule has 0 bridgehead atoms. The number of furan rings is 1. The van der Waals surface area contributed by atoms with E-state index in [-0.39, 0.29) is 11.7 Å². The van der Waals surface area contributed by atoms with Crippen LogP contribution in [0.3, 0.4) is 0 Å². The van der Waals surface area contributed by atoms with Crippen LogP contribution in [0.2, 0.25) is 0 Å². The molecule has 6 nitrogen and oxygen atoms in total. The summed E-state index contributed by atoms with van der Waals surface area (Å²) in [6.45, 7) is 5.83. The highest BCUT2D eigenvalue weighted by Gasteiger charge is 2.42. The van der Waals surface area contributed by atoms with Crippen molar-refractivity contribution in [1.29, 1.82) is 0 Å². The van der Waals surface area contributed by atoms with E-state index in [1.807, 2.05) is 25.8 Å². The fourth-order valence-electron chi connectivity index (χ4n) is 2.60. The number of rotatable bonds is 1. The molecule has 1 aromatic rings. The molecule has 0 spiro atoms. The minimum Gasteiger partial charge on any atom is -0.475 e. The number of nitrogens with zero attached hydrogens (tertiary/aromatic N) is 2. The summed E-state index contributed by atoms with van der Waals surface area (Å²) in [6.07, 6.45) is 1.38. The Bertz CT molecular complexity index is 518. The number of carbonyl (C=O) groups excluding carboxylic acids is 1. The van der Waals surface area contributed by atoms with Crippen LogP contribution < -0.4 is 9.80 Å². The quantitative estimate of drug-likeness (QED) is 0.821. The summed E-state index contributed by atoms with van der Waals surface area (Å²) in [4.78, 5) is 26.4. The third kappa shape index (κ3) is 1.64.